The van der Waals surface area contributed by atoms with Gasteiger partial charge in [0.15, 0.2) is 23.0 Å². The summed E-state index contributed by atoms with van der Waals surface area (Å²) in [5, 5.41) is 18.9. The molecule has 0 aromatic carbocycles. The average Bonchev–Trinajstić information content (AvgIpc) is 3.01. The van der Waals surface area contributed by atoms with Gasteiger partial charge in [0.2, 0.25) is 0 Å². The van der Waals surface area contributed by atoms with Crippen molar-refractivity contribution in [2.45, 2.75) is 25.0 Å². The van der Waals surface area contributed by atoms with Gasteiger partial charge in [0.05, 0.1) is 19.3 Å². The Morgan fingerprint density at radius 3 is 2.87 bits per heavy atom. The molecule has 0 aliphatic heterocycles. The molecule has 23 heavy (non-hydrogen) atoms. The predicted octanol–water partition coefficient (Wildman–Crippen LogP) is -2.93. The van der Waals surface area contributed by atoms with E-state index in [1.165, 1.54) is 17.2 Å². The summed E-state index contributed by atoms with van der Waals surface area (Å²) in [6, 6.07) is 0. The molecule has 8 N–H and O–H groups in total. The number of aromatic amines is 1. The first kappa shape index (κ1) is 18.4. The molecule has 0 aliphatic carbocycles. The standard InChI is InChI=1S/C12H15N5O4.H2N2/c1-3-8(19)12(13,4-18)21-7(2)17-6-16-9-10(17)14-5-15-11(9)20;1-2/h1,5-8,18-19H,4,13H2,2H3,(H,14,15,20);1-2H/p+1/t7?,8-,12+;/m0./s1. The molecule has 0 bridgehead atoms. The molecule has 2 heterocycles. The van der Waals surface area contributed by atoms with Crippen LogP contribution in [0.1, 0.15) is 13.2 Å². The Hall–Kier alpha value is -2.65. The van der Waals surface area contributed by atoms with Crippen molar-refractivity contribution in [1.29, 1.82) is 5.53 Å². The third-order valence-corrected chi connectivity index (χ3v) is 3.01. The first-order valence-corrected chi connectivity index (χ1v) is 6.33. The number of hydrogen-bond donors (Lipinski definition) is 6. The number of nitrogens with zero attached hydrogens (tertiary/aromatic N) is 3. The van der Waals surface area contributed by atoms with Crippen LogP contribution >= 0.6 is 0 Å². The van der Waals surface area contributed by atoms with Crippen LogP contribution in [-0.2, 0) is 4.74 Å². The fourth-order valence-corrected chi connectivity index (χ4v) is 1.83. The summed E-state index contributed by atoms with van der Waals surface area (Å²) in [6.07, 6.45) is 5.39. The minimum absolute atomic E-state index is 0.136. The molecule has 0 saturated carbocycles. The third-order valence-electron chi connectivity index (χ3n) is 3.01. The number of hydrogen-bond acceptors (Lipinski definition) is 8. The van der Waals surface area contributed by atoms with Crippen LogP contribution in [0.2, 0.25) is 0 Å². The lowest BCUT2D eigenvalue weighted by molar-refractivity contribution is -0.249. The highest BCUT2D eigenvalue weighted by Gasteiger charge is 2.36. The zero-order chi connectivity index (χ0) is 17.6. The molecule has 0 spiro atoms. The minimum atomic E-state index is -1.84. The Balaban J connectivity index is 0.00000127. The van der Waals surface area contributed by atoms with Gasteiger partial charge in [0.1, 0.15) is 6.23 Å². The van der Waals surface area contributed by atoms with Gasteiger partial charge in [0, 0.05) is 0 Å². The number of imidazole rings is 1. The predicted molar refractivity (Wildman–Crippen MR) is 77.4 cm³/mol. The minimum Gasteiger partial charge on any atom is -0.392 e. The molecule has 2 rings (SSSR count). The van der Waals surface area contributed by atoms with Crippen molar-refractivity contribution in [2.24, 2.45) is 5.73 Å². The van der Waals surface area contributed by atoms with Crippen LogP contribution < -0.4 is 16.8 Å². The van der Waals surface area contributed by atoms with Gasteiger partial charge in [-0.1, -0.05) is 11.5 Å². The molecule has 2 aromatic heterocycles. The van der Waals surface area contributed by atoms with E-state index in [1.807, 2.05) is 5.92 Å². The van der Waals surface area contributed by atoms with Crippen LogP contribution in [-0.4, -0.2) is 48.2 Å². The van der Waals surface area contributed by atoms with Crippen molar-refractivity contribution >= 4 is 11.2 Å². The zero-order valence-corrected chi connectivity index (χ0v) is 12.3. The molecule has 2 aromatic rings. The molecule has 0 aliphatic rings. The van der Waals surface area contributed by atoms with Gasteiger partial charge in [-0.2, -0.15) is 5.53 Å². The van der Waals surface area contributed by atoms with E-state index >= 15 is 0 Å². The van der Waals surface area contributed by atoms with Crippen molar-refractivity contribution in [3.05, 3.63) is 23.0 Å². The second-order valence-electron chi connectivity index (χ2n) is 4.46. The van der Waals surface area contributed by atoms with Gasteiger partial charge in [-0.3, -0.25) is 15.1 Å². The van der Waals surface area contributed by atoms with Crippen LogP contribution in [0.4, 0.5) is 0 Å². The van der Waals surface area contributed by atoms with Gasteiger partial charge in [-0.05, 0) is 6.92 Å². The fourth-order valence-electron chi connectivity index (χ4n) is 1.83. The van der Waals surface area contributed by atoms with Crippen molar-refractivity contribution in [3.8, 4) is 12.3 Å². The molecule has 0 amide bonds. The lowest BCUT2D eigenvalue weighted by Crippen LogP contribution is -2.56. The molecule has 11 nitrogen and oxygen atoms in total. The summed E-state index contributed by atoms with van der Waals surface area (Å²) >= 11 is 0. The van der Waals surface area contributed by atoms with E-state index in [1.54, 1.807) is 6.92 Å². The summed E-state index contributed by atoms with van der Waals surface area (Å²) in [7, 11) is 0. The summed E-state index contributed by atoms with van der Waals surface area (Å²) in [4.78, 5) is 21.9. The van der Waals surface area contributed by atoms with Gasteiger partial charge < -0.3 is 19.9 Å². The number of fused-ring (bicyclic) bond motifs is 1. The zero-order valence-electron chi connectivity index (χ0n) is 12.3. The van der Waals surface area contributed by atoms with E-state index in [9.17, 15) is 15.0 Å². The summed E-state index contributed by atoms with van der Waals surface area (Å²) in [6.45, 7) is 0.897. The van der Waals surface area contributed by atoms with Crippen LogP contribution in [0.5, 0.6) is 0 Å². The Morgan fingerprint density at radius 1 is 1.65 bits per heavy atom. The molecular formula is C12H18N7O4+. The third kappa shape index (κ3) is 3.58. The van der Waals surface area contributed by atoms with Crippen LogP contribution in [0.3, 0.4) is 0 Å². The van der Waals surface area contributed by atoms with Gasteiger partial charge in [-0.25, -0.2) is 9.97 Å². The molecule has 11 heteroatoms. The average molecular weight is 324 g/mol. The monoisotopic (exact) mass is 324 g/mol. The van der Waals surface area contributed by atoms with Crippen molar-refractivity contribution in [2.75, 3.05) is 6.61 Å². The number of aromatic nitrogens is 4. The molecule has 0 radical (unpaired) electrons. The fraction of sp³-hybridized carbons (Fsp3) is 0.417. The van der Waals surface area contributed by atoms with Gasteiger partial charge in [-0.15, -0.1) is 6.42 Å². The topological polar surface area (TPSA) is 189 Å². The first-order valence-electron chi connectivity index (χ1n) is 6.33. The number of aliphatic hydroxyl groups excluding tert-OH is 2. The smallest absolute Gasteiger partial charge is 0.278 e. The van der Waals surface area contributed by atoms with Gasteiger partial charge in [0.25, 0.3) is 5.56 Å². The second kappa shape index (κ2) is 7.56. The molecule has 124 valence electrons. The molecule has 3 atom stereocenters. The SMILES string of the molecule is C#C[C@H](O)[C@@](N)(CO)OC(C)n1cnc2c(=O)[nH]cnc21.N=[NH2+]. The van der Waals surface area contributed by atoms with E-state index in [-0.39, 0.29) is 11.2 Å². The Labute approximate surface area is 130 Å². The Morgan fingerprint density at radius 2 is 2.30 bits per heavy atom. The van der Waals surface area contributed by atoms with Crippen LogP contribution in [0, 0.1) is 17.9 Å². The van der Waals surface area contributed by atoms with Crippen molar-refractivity contribution in [3.63, 3.8) is 0 Å². The van der Waals surface area contributed by atoms with Gasteiger partial charge >= 0.3 is 0 Å². The highest BCUT2D eigenvalue weighted by molar-refractivity contribution is 5.68. The van der Waals surface area contributed by atoms with Crippen LogP contribution in [0.25, 0.3) is 11.2 Å². The summed E-state index contributed by atoms with van der Waals surface area (Å²) in [5.74, 6) is 2.00. The number of rotatable bonds is 5. The first-order chi connectivity index (χ1) is 10.9. The Kier molecular flexibility index (Phi) is 6.05. The number of nitrogens with one attached hydrogen (secondary N) is 2. The number of aliphatic hydroxyl groups is 2. The van der Waals surface area contributed by atoms with E-state index in [2.05, 4.69) is 20.5 Å². The van der Waals surface area contributed by atoms with E-state index < -0.39 is 30.2 Å². The molecular weight excluding hydrogens is 306 g/mol. The second-order valence-corrected chi connectivity index (χ2v) is 4.46. The summed E-state index contributed by atoms with van der Waals surface area (Å²) < 4.78 is 6.87. The number of terminal acetylenes is 1. The number of nitrogens with two attached hydrogens (primary N) is 2. The van der Waals surface area contributed by atoms with Crippen molar-refractivity contribution < 1.29 is 20.5 Å². The lowest BCUT2D eigenvalue weighted by atomic mass is 10.1. The van der Waals surface area contributed by atoms with Crippen molar-refractivity contribution in [1.82, 2.24) is 19.5 Å². The van der Waals surface area contributed by atoms with Crippen LogP contribution in [0.15, 0.2) is 17.4 Å². The maximum Gasteiger partial charge on any atom is 0.278 e. The van der Waals surface area contributed by atoms with E-state index in [0.717, 1.165) is 0 Å². The highest BCUT2D eigenvalue weighted by Crippen LogP contribution is 2.20. The number of ether oxygens (including phenoxy) is 1. The quantitative estimate of drug-likeness (QED) is 0.193. The molecule has 0 fully saturated rings. The Bertz CT molecular complexity index is 752. The van der Waals surface area contributed by atoms with E-state index in [0.29, 0.717) is 0 Å². The highest BCUT2D eigenvalue weighted by atomic mass is 16.6. The molecule has 1 unspecified atom stereocenters. The maximum atomic E-state index is 11.6. The normalized spacial score (nSPS) is 15.8. The lowest BCUT2D eigenvalue weighted by Gasteiger charge is -2.32. The number of H-pyrrole nitrogens is 1. The summed E-state index contributed by atoms with van der Waals surface area (Å²) in [5.41, 5.74) is 12.9. The maximum absolute atomic E-state index is 11.6. The molecule has 0 saturated heterocycles. The largest absolute Gasteiger partial charge is 0.392 e. The van der Waals surface area contributed by atoms with E-state index in [4.69, 9.17) is 22.4 Å².